The standard InChI is InChI=1S/C16H25NS/c1-10-5-6-12(17-9-18)16(4)8-7-11-14(13(10)16)15(11,2)3/h10-14H,5-8H2,1-4H3/t10-,11-,12+,13+,14-,16-/m1/s1. The molecule has 0 aromatic rings. The minimum absolute atomic E-state index is 0.387. The van der Waals surface area contributed by atoms with Crippen molar-refractivity contribution in [1.29, 1.82) is 0 Å². The Morgan fingerprint density at radius 1 is 1.11 bits per heavy atom. The van der Waals surface area contributed by atoms with Crippen molar-refractivity contribution in [3.63, 3.8) is 0 Å². The molecule has 0 heterocycles. The summed E-state index contributed by atoms with van der Waals surface area (Å²) in [5.74, 6) is 3.64. The Morgan fingerprint density at radius 3 is 2.50 bits per heavy atom. The van der Waals surface area contributed by atoms with Crippen molar-refractivity contribution in [3.05, 3.63) is 0 Å². The summed E-state index contributed by atoms with van der Waals surface area (Å²) >= 11 is 4.87. The van der Waals surface area contributed by atoms with E-state index in [2.05, 4.69) is 37.8 Å². The van der Waals surface area contributed by atoms with Gasteiger partial charge in [-0.15, -0.1) is 0 Å². The number of aliphatic imine (C=N–C) groups is 1. The summed E-state index contributed by atoms with van der Waals surface area (Å²) in [6.07, 6.45) is 5.29. The molecule has 0 unspecified atom stereocenters. The summed E-state index contributed by atoms with van der Waals surface area (Å²) in [5, 5.41) is 2.67. The summed E-state index contributed by atoms with van der Waals surface area (Å²) in [4.78, 5) is 4.54. The smallest absolute Gasteiger partial charge is 0.0659 e. The molecule has 18 heavy (non-hydrogen) atoms. The van der Waals surface area contributed by atoms with Crippen molar-refractivity contribution in [2.45, 2.75) is 59.4 Å². The SMILES string of the molecule is C[C@@H]1CC[C@H](N=C=S)[C@@]2(C)CC[C@@H]3[C@H]([C@H]12)C3(C)C. The van der Waals surface area contributed by atoms with Crippen LogP contribution >= 0.6 is 12.2 Å². The van der Waals surface area contributed by atoms with Crippen LogP contribution in [-0.2, 0) is 0 Å². The van der Waals surface area contributed by atoms with Gasteiger partial charge in [0.2, 0.25) is 0 Å². The van der Waals surface area contributed by atoms with E-state index in [0.29, 0.717) is 16.9 Å². The molecule has 3 aliphatic carbocycles. The van der Waals surface area contributed by atoms with Gasteiger partial charge in [0, 0.05) is 0 Å². The van der Waals surface area contributed by atoms with Gasteiger partial charge in [-0.05, 0) is 72.4 Å². The van der Waals surface area contributed by atoms with Crippen LogP contribution in [0, 0.1) is 34.5 Å². The fourth-order valence-corrected chi connectivity index (χ4v) is 5.82. The third-order valence-corrected chi connectivity index (χ3v) is 6.87. The molecule has 0 aliphatic heterocycles. The van der Waals surface area contributed by atoms with Crippen LogP contribution in [0.5, 0.6) is 0 Å². The first kappa shape index (κ1) is 12.8. The first-order valence-electron chi connectivity index (χ1n) is 7.50. The molecule has 6 atom stereocenters. The van der Waals surface area contributed by atoms with Crippen LogP contribution in [0.4, 0.5) is 0 Å². The van der Waals surface area contributed by atoms with Crippen LogP contribution in [0.3, 0.4) is 0 Å². The predicted octanol–water partition coefficient (Wildman–Crippen LogP) is 4.58. The molecule has 3 saturated carbocycles. The Hall–Kier alpha value is -0.200. The molecule has 3 rings (SSSR count). The van der Waals surface area contributed by atoms with Gasteiger partial charge in [-0.25, -0.2) is 4.99 Å². The van der Waals surface area contributed by atoms with Gasteiger partial charge in [0.25, 0.3) is 0 Å². The van der Waals surface area contributed by atoms with Gasteiger partial charge in [-0.2, -0.15) is 0 Å². The summed E-state index contributed by atoms with van der Waals surface area (Å²) in [5.41, 5.74) is 0.971. The van der Waals surface area contributed by atoms with Crippen LogP contribution in [0.1, 0.15) is 53.4 Å². The summed E-state index contributed by atoms with van der Waals surface area (Å²) in [6.45, 7) is 9.91. The Labute approximate surface area is 116 Å². The maximum absolute atomic E-state index is 4.87. The van der Waals surface area contributed by atoms with E-state index in [1.54, 1.807) is 0 Å². The highest BCUT2D eigenvalue weighted by Crippen LogP contribution is 2.73. The fourth-order valence-electron chi connectivity index (χ4n) is 5.69. The van der Waals surface area contributed by atoms with Crippen LogP contribution in [-0.4, -0.2) is 11.2 Å². The molecule has 0 N–H and O–H groups in total. The molecule has 0 amide bonds. The zero-order valence-electron chi connectivity index (χ0n) is 12.1. The largest absolute Gasteiger partial charge is 0.229 e. The molecule has 0 aromatic heterocycles. The lowest BCUT2D eigenvalue weighted by Crippen LogP contribution is -2.48. The molecule has 0 bridgehead atoms. The van der Waals surface area contributed by atoms with Gasteiger partial charge in [0.05, 0.1) is 11.2 Å². The van der Waals surface area contributed by atoms with E-state index in [9.17, 15) is 0 Å². The Bertz CT molecular complexity index is 409. The van der Waals surface area contributed by atoms with Crippen molar-refractivity contribution < 1.29 is 0 Å². The van der Waals surface area contributed by atoms with Crippen LogP contribution in [0.15, 0.2) is 4.99 Å². The second kappa shape index (κ2) is 3.90. The molecule has 3 fully saturated rings. The Morgan fingerprint density at radius 2 is 1.83 bits per heavy atom. The third kappa shape index (κ3) is 1.51. The van der Waals surface area contributed by atoms with E-state index >= 15 is 0 Å². The monoisotopic (exact) mass is 263 g/mol. The van der Waals surface area contributed by atoms with E-state index in [-0.39, 0.29) is 0 Å². The highest BCUT2D eigenvalue weighted by molar-refractivity contribution is 7.78. The van der Waals surface area contributed by atoms with Crippen LogP contribution in [0.2, 0.25) is 0 Å². The second-order valence-electron chi connectivity index (χ2n) is 7.81. The lowest BCUT2D eigenvalue weighted by Gasteiger charge is -2.51. The van der Waals surface area contributed by atoms with Crippen molar-refractivity contribution in [1.82, 2.24) is 0 Å². The van der Waals surface area contributed by atoms with Crippen molar-refractivity contribution in [2.75, 3.05) is 0 Å². The van der Waals surface area contributed by atoms with E-state index in [4.69, 9.17) is 12.2 Å². The number of thiocarbonyl (C=S) groups is 1. The lowest BCUT2D eigenvalue weighted by atomic mass is 9.54. The van der Waals surface area contributed by atoms with E-state index < -0.39 is 0 Å². The van der Waals surface area contributed by atoms with Gasteiger partial charge >= 0.3 is 0 Å². The van der Waals surface area contributed by atoms with Crippen molar-refractivity contribution in [3.8, 4) is 0 Å². The molecule has 2 heteroatoms. The summed E-state index contributed by atoms with van der Waals surface area (Å²) in [6, 6.07) is 0.438. The molecule has 0 spiro atoms. The molecule has 0 radical (unpaired) electrons. The molecular weight excluding hydrogens is 238 g/mol. The average Bonchev–Trinajstić information content (AvgIpc) is 2.85. The second-order valence-corrected chi connectivity index (χ2v) is 8.00. The first-order valence-corrected chi connectivity index (χ1v) is 7.90. The molecule has 0 aromatic carbocycles. The van der Waals surface area contributed by atoms with E-state index in [0.717, 1.165) is 23.7 Å². The van der Waals surface area contributed by atoms with Crippen molar-refractivity contribution in [2.24, 2.45) is 39.5 Å². The lowest BCUT2D eigenvalue weighted by molar-refractivity contribution is -0.00692. The van der Waals surface area contributed by atoms with Gasteiger partial charge in [-0.3, -0.25) is 0 Å². The number of rotatable bonds is 1. The van der Waals surface area contributed by atoms with Gasteiger partial charge in [0.15, 0.2) is 0 Å². The normalized spacial score (nSPS) is 52.8. The van der Waals surface area contributed by atoms with Crippen LogP contribution < -0.4 is 0 Å². The first-order chi connectivity index (χ1) is 8.43. The fraction of sp³-hybridized carbons (Fsp3) is 0.938. The predicted molar refractivity (Wildman–Crippen MR) is 78.8 cm³/mol. The maximum Gasteiger partial charge on any atom is 0.0659 e. The molecule has 0 saturated heterocycles. The van der Waals surface area contributed by atoms with Crippen LogP contribution in [0.25, 0.3) is 0 Å². The van der Waals surface area contributed by atoms with Gasteiger partial charge < -0.3 is 0 Å². The summed E-state index contributed by atoms with van der Waals surface area (Å²) in [7, 11) is 0. The van der Waals surface area contributed by atoms with Gasteiger partial charge in [0.1, 0.15) is 0 Å². The molecule has 1 nitrogen and oxygen atoms in total. The third-order valence-electron chi connectivity index (χ3n) is 6.76. The zero-order chi connectivity index (χ0) is 13.1. The average molecular weight is 263 g/mol. The minimum atomic E-state index is 0.387. The van der Waals surface area contributed by atoms with Crippen molar-refractivity contribution >= 4 is 17.4 Å². The zero-order valence-corrected chi connectivity index (χ0v) is 12.9. The number of isothiocyanates is 1. The van der Waals surface area contributed by atoms with Gasteiger partial charge in [-0.1, -0.05) is 27.7 Å². The highest BCUT2D eigenvalue weighted by atomic mass is 32.1. The Kier molecular flexibility index (Phi) is 2.78. The van der Waals surface area contributed by atoms with E-state index in [1.165, 1.54) is 25.7 Å². The number of nitrogens with zero attached hydrogens (tertiary/aromatic N) is 1. The molecule has 3 aliphatic rings. The molecule has 100 valence electrons. The Balaban J connectivity index is 1.97. The summed E-state index contributed by atoms with van der Waals surface area (Å²) < 4.78 is 0. The minimum Gasteiger partial charge on any atom is -0.229 e. The highest BCUT2D eigenvalue weighted by Gasteiger charge is 2.68. The quantitative estimate of drug-likeness (QED) is 0.498. The number of hydrogen-bond acceptors (Lipinski definition) is 2. The number of hydrogen-bond donors (Lipinski definition) is 0. The topological polar surface area (TPSA) is 12.4 Å². The maximum atomic E-state index is 4.87. The van der Waals surface area contributed by atoms with E-state index in [1.807, 2.05) is 0 Å². The molecular formula is C16H25NS. The number of fused-ring (bicyclic) bond motifs is 3.